The second-order valence-corrected chi connectivity index (χ2v) is 11.7. The number of aliphatic hydroxyl groups is 1. The number of rotatable bonds is 7. The maximum atomic E-state index is 13.7. The Kier molecular flexibility index (Phi) is 8.62. The summed E-state index contributed by atoms with van der Waals surface area (Å²) in [5.41, 5.74) is 0.609. The predicted molar refractivity (Wildman–Crippen MR) is 142 cm³/mol. The van der Waals surface area contributed by atoms with Gasteiger partial charge in [-0.15, -0.1) is 0 Å². The maximum Gasteiger partial charge on any atom is 0.411 e. The SMILES string of the molecule is CC(C)(C)OC(=O)N1[C@@H](c2ccc(F)cc2)C[C@@]2(C)[C@H](O)[C@@H](NCc3ccc(OCCF)cc3)CCC[C@@H]12. The van der Waals surface area contributed by atoms with E-state index in [9.17, 15) is 18.7 Å². The Morgan fingerprint density at radius 3 is 2.45 bits per heavy atom. The third-order valence-electron chi connectivity index (χ3n) is 7.81. The van der Waals surface area contributed by atoms with E-state index in [4.69, 9.17) is 9.47 Å². The minimum Gasteiger partial charge on any atom is -0.491 e. The van der Waals surface area contributed by atoms with E-state index in [-0.39, 0.29) is 30.5 Å². The molecule has 2 aliphatic rings. The van der Waals surface area contributed by atoms with Crippen molar-refractivity contribution in [2.75, 3.05) is 13.3 Å². The summed E-state index contributed by atoms with van der Waals surface area (Å²) in [5.74, 6) is 0.290. The van der Waals surface area contributed by atoms with E-state index in [1.54, 1.807) is 17.0 Å². The van der Waals surface area contributed by atoms with Gasteiger partial charge in [-0.3, -0.25) is 4.90 Å². The molecule has 1 aliphatic carbocycles. The lowest BCUT2D eigenvalue weighted by molar-refractivity contribution is -0.0186. The summed E-state index contributed by atoms with van der Waals surface area (Å²) in [4.78, 5) is 15.3. The molecule has 1 heterocycles. The van der Waals surface area contributed by atoms with Crippen LogP contribution in [0, 0.1) is 11.2 Å². The van der Waals surface area contributed by atoms with Crippen LogP contribution in [-0.4, -0.2) is 53.2 Å². The molecule has 1 aliphatic heterocycles. The molecule has 0 spiro atoms. The molecule has 1 amide bonds. The number of hydrogen-bond donors (Lipinski definition) is 2. The highest BCUT2D eigenvalue weighted by Gasteiger charge is 2.57. The third kappa shape index (κ3) is 6.29. The number of aliphatic hydroxyl groups excluding tert-OH is 1. The molecular formula is C30H40F2N2O4. The Morgan fingerprint density at radius 2 is 1.82 bits per heavy atom. The van der Waals surface area contributed by atoms with Crippen LogP contribution in [0.1, 0.15) is 70.5 Å². The lowest BCUT2D eigenvalue weighted by atomic mass is 9.74. The van der Waals surface area contributed by atoms with E-state index < -0.39 is 29.9 Å². The molecule has 6 nitrogen and oxygen atoms in total. The van der Waals surface area contributed by atoms with Gasteiger partial charge in [0.05, 0.1) is 12.1 Å². The smallest absolute Gasteiger partial charge is 0.411 e. The number of carbonyl (C=O) groups is 1. The molecule has 0 aromatic heterocycles. The largest absolute Gasteiger partial charge is 0.491 e. The number of ether oxygens (including phenoxy) is 2. The summed E-state index contributed by atoms with van der Waals surface area (Å²) in [5, 5.41) is 15.3. The molecular weight excluding hydrogens is 490 g/mol. The number of fused-ring (bicyclic) bond motifs is 1. The molecule has 8 heteroatoms. The van der Waals surface area contributed by atoms with Crippen molar-refractivity contribution in [3.8, 4) is 5.75 Å². The Labute approximate surface area is 224 Å². The van der Waals surface area contributed by atoms with Crippen LogP contribution in [0.4, 0.5) is 13.6 Å². The minimum absolute atomic E-state index is 0.0326. The molecule has 2 aromatic carbocycles. The van der Waals surface area contributed by atoms with Gasteiger partial charge in [-0.2, -0.15) is 0 Å². The van der Waals surface area contributed by atoms with Gasteiger partial charge in [0.1, 0.15) is 30.4 Å². The molecule has 1 saturated heterocycles. The lowest BCUT2D eigenvalue weighted by Crippen LogP contribution is -2.52. The average Bonchev–Trinajstić information content (AvgIpc) is 3.11. The third-order valence-corrected chi connectivity index (χ3v) is 7.81. The molecule has 2 aromatic rings. The Bertz CT molecular complexity index is 1070. The average molecular weight is 531 g/mol. The predicted octanol–water partition coefficient (Wildman–Crippen LogP) is 5.93. The van der Waals surface area contributed by atoms with E-state index in [1.165, 1.54) is 12.1 Å². The molecule has 0 unspecified atom stereocenters. The number of alkyl halides is 1. The molecule has 4 rings (SSSR count). The van der Waals surface area contributed by atoms with Crippen LogP contribution < -0.4 is 10.1 Å². The van der Waals surface area contributed by atoms with Crippen LogP contribution in [0.5, 0.6) is 5.75 Å². The monoisotopic (exact) mass is 530 g/mol. The molecule has 2 N–H and O–H groups in total. The fraction of sp³-hybridized carbons (Fsp3) is 0.567. The van der Waals surface area contributed by atoms with E-state index in [1.807, 2.05) is 45.0 Å². The normalized spacial score (nSPS) is 27.5. The van der Waals surface area contributed by atoms with Crippen molar-refractivity contribution < 1.29 is 28.2 Å². The molecule has 38 heavy (non-hydrogen) atoms. The number of benzene rings is 2. The second-order valence-electron chi connectivity index (χ2n) is 11.7. The first kappa shape index (κ1) is 28.3. The fourth-order valence-corrected chi connectivity index (χ4v) is 5.98. The zero-order chi connectivity index (χ0) is 27.5. The molecule has 0 radical (unpaired) electrons. The number of hydrogen-bond acceptors (Lipinski definition) is 5. The zero-order valence-electron chi connectivity index (χ0n) is 22.8. The summed E-state index contributed by atoms with van der Waals surface area (Å²) < 4.78 is 37.2. The van der Waals surface area contributed by atoms with Crippen LogP contribution >= 0.6 is 0 Å². The highest BCUT2D eigenvalue weighted by molar-refractivity contribution is 5.70. The van der Waals surface area contributed by atoms with Crippen LogP contribution in [0.3, 0.4) is 0 Å². The number of amides is 1. The van der Waals surface area contributed by atoms with Crippen molar-refractivity contribution in [1.82, 2.24) is 10.2 Å². The topological polar surface area (TPSA) is 71.0 Å². The van der Waals surface area contributed by atoms with Crippen molar-refractivity contribution in [2.45, 2.75) is 89.8 Å². The summed E-state index contributed by atoms with van der Waals surface area (Å²) in [6.07, 6.45) is 1.77. The highest BCUT2D eigenvalue weighted by atomic mass is 19.1. The van der Waals surface area contributed by atoms with Crippen molar-refractivity contribution in [3.05, 3.63) is 65.5 Å². The van der Waals surface area contributed by atoms with Gasteiger partial charge in [-0.05, 0) is 81.8 Å². The summed E-state index contributed by atoms with van der Waals surface area (Å²) in [6, 6.07) is 13.0. The summed E-state index contributed by atoms with van der Waals surface area (Å²) >= 11 is 0. The number of nitrogens with one attached hydrogen (secondary N) is 1. The lowest BCUT2D eigenvalue weighted by Gasteiger charge is -2.39. The van der Waals surface area contributed by atoms with E-state index in [0.29, 0.717) is 18.7 Å². The van der Waals surface area contributed by atoms with Gasteiger partial charge >= 0.3 is 6.09 Å². The van der Waals surface area contributed by atoms with Gasteiger partial charge in [-0.25, -0.2) is 13.6 Å². The Morgan fingerprint density at radius 1 is 1.13 bits per heavy atom. The number of nitrogens with zero attached hydrogens (tertiary/aromatic N) is 1. The number of likely N-dealkylation sites (tertiary alicyclic amines) is 1. The quantitative estimate of drug-likeness (QED) is 0.464. The van der Waals surface area contributed by atoms with Crippen molar-refractivity contribution in [1.29, 1.82) is 0 Å². The fourth-order valence-electron chi connectivity index (χ4n) is 5.98. The van der Waals surface area contributed by atoms with Gasteiger partial charge in [0.15, 0.2) is 0 Å². The molecule has 5 atom stereocenters. The first-order valence-electron chi connectivity index (χ1n) is 13.5. The summed E-state index contributed by atoms with van der Waals surface area (Å²) in [7, 11) is 0. The van der Waals surface area contributed by atoms with Crippen LogP contribution in [0.2, 0.25) is 0 Å². The number of carbonyl (C=O) groups excluding carboxylic acids is 1. The van der Waals surface area contributed by atoms with E-state index in [2.05, 4.69) is 12.2 Å². The highest BCUT2D eigenvalue weighted by Crippen LogP contribution is 2.53. The van der Waals surface area contributed by atoms with Crippen molar-refractivity contribution >= 4 is 6.09 Å². The second kappa shape index (κ2) is 11.6. The van der Waals surface area contributed by atoms with Gasteiger partial charge in [0.25, 0.3) is 0 Å². The molecule has 0 bridgehead atoms. The first-order chi connectivity index (χ1) is 18.0. The van der Waals surface area contributed by atoms with Crippen LogP contribution in [0.15, 0.2) is 48.5 Å². The Hall–Kier alpha value is -2.71. The first-order valence-corrected chi connectivity index (χ1v) is 13.5. The van der Waals surface area contributed by atoms with Gasteiger partial charge < -0.3 is 19.9 Å². The van der Waals surface area contributed by atoms with Gasteiger partial charge in [0, 0.05) is 24.0 Å². The maximum absolute atomic E-state index is 13.7. The summed E-state index contributed by atoms with van der Waals surface area (Å²) in [6.45, 7) is 7.64. The Balaban J connectivity index is 1.54. The van der Waals surface area contributed by atoms with E-state index >= 15 is 0 Å². The zero-order valence-corrected chi connectivity index (χ0v) is 22.8. The van der Waals surface area contributed by atoms with Crippen LogP contribution in [0.25, 0.3) is 0 Å². The van der Waals surface area contributed by atoms with Crippen molar-refractivity contribution in [3.63, 3.8) is 0 Å². The van der Waals surface area contributed by atoms with Crippen molar-refractivity contribution in [2.24, 2.45) is 5.41 Å². The van der Waals surface area contributed by atoms with Gasteiger partial charge in [-0.1, -0.05) is 31.2 Å². The minimum atomic E-state index is -0.711. The molecule has 208 valence electrons. The standard InChI is InChI=1S/C30H40F2N2O4/c1-29(2,3)38-28(36)34-25(21-10-12-22(32)13-11-21)18-30(4)26(34)7-5-6-24(27(30)35)33-19-20-8-14-23(15-9-20)37-17-16-31/h8-15,24-27,33,35H,5-7,16-19H2,1-4H3/t24-,25+,26+,27+,30+/m0/s1. The van der Waals surface area contributed by atoms with Crippen LogP contribution in [-0.2, 0) is 11.3 Å². The van der Waals surface area contributed by atoms with E-state index in [0.717, 1.165) is 30.4 Å². The molecule has 1 saturated carbocycles. The molecule has 2 fully saturated rings. The van der Waals surface area contributed by atoms with Gasteiger partial charge in [0.2, 0.25) is 0 Å². The number of halogens is 2.